The maximum absolute atomic E-state index is 11.4. The van der Waals surface area contributed by atoms with Crippen LogP contribution in [0.2, 0.25) is 0 Å². The number of furan rings is 1. The second kappa shape index (κ2) is 16.6. The maximum Gasteiger partial charge on any atom is 0.189 e. The Bertz CT molecular complexity index is 2310. The van der Waals surface area contributed by atoms with Crippen LogP contribution in [0.15, 0.2) is 76.6 Å². The first kappa shape index (κ1) is 43.0. The van der Waals surface area contributed by atoms with E-state index in [0.717, 1.165) is 82.4 Å². The number of fused-ring (bicyclic) bond motifs is 8. The van der Waals surface area contributed by atoms with Gasteiger partial charge in [-0.1, -0.05) is 67.5 Å². The van der Waals surface area contributed by atoms with Gasteiger partial charge in [-0.05, 0) is 181 Å². The number of allylic oxidation sites excluding steroid dienone is 1. The van der Waals surface area contributed by atoms with Crippen LogP contribution in [0.5, 0.6) is 0 Å². The third-order valence-corrected chi connectivity index (χ3v) is 19.5. The van der Waals surface area contributed by atoms with E-state index in [4.69, 9.17) is 26.5 Å². The summed E-state index contributed by atoms with van der Waals surface area (Å²) < 4.78 is 12.7. The van der Waals surface area contributed by atoms with E-state index >= 15 is 0 Å². The third kappa shape index (κ3) is 7.88. The summed E-state index contributed by atoms with van der Waals surface area (Å²) in [7, 11) is 0. The molecule has 15 atom stereocenters. The topological polar surface area (TPSA) is 117 Å². The molecule has 15 unspecified atom stereocenters. The summed E-state index contributed by atoms with van der Waals surface area (Å²) in [6.07, 6.45) is 25.7. The summed E-state index contributed by atoms with van der Waals surface area (Å²) in [6.45, 7) is 9.98. The van der Waals surface area contributed by atoms with Gasteiger partial charge in [-0.3, -0.25) is 0 Å². The summed E-state index contributed by atoms with van der Waals surface area (Å²) in [5.74, 6) is 11.6. The van der Waals surface area contributed by atoms with Gasteiger partial charge in [-0.2, -0.15) is 0 Å². The third-order valence-electron chi connectivity index (χ3n) is 19.5. The number of ether oxygens (including phenoxy) is 1. The van der Waals surface area contributed by atoms with E-state index in [1.807, 2.05) is 12.5 Å². The van der Waals surface area contributed by atoms with Crippen LogP contribution in [0, 0.1) is 58.2 Å². The highest BCUT2D eigenvalue weighted by atomic mass is 16.6. The van der Waals surface area contributed by atoms with E-state index in [-0.39, 0.29) is 41.0 Å². The zero-order valence-corrected chi connectivity index (χ0v) is 38.8. The second-order valence-corrected chi connectivity index (χ2v) is 23.4. The molecule has 0 amide bonds. The number of hydrogen-bond acceptors (Lipinski definition) is 7. The van der Waals surface area contributed by atoms with Crippen LogP contribution in [-0.2, 0) is 17.6 Å². The summed E-state index contributed by atoms with van der Waals surface area (Å²) in [5, 5.41) is 27.9. The van der Waals surface area contributed by atoms with Gasteiger partial charge in [-0.25, -0.2) is 4.99 Å². The highest BCUT2D eigenvalue weighted by molar-refractivity contribution is 5.87. The van der Waals surface area contributed by atoms with E-state index in [9.17, 15) is 10.2 Å². The van der Waals surface area contributed by atoms with Crippen LogP contribution in [0.3, 0.4) is 0 Å². The number of aliphatic imine (C=N–C) groups is 1. The fourth-order valence-electron chi connectivity index (χ4n) is 16.1. The molecule has 64 heavy (non-hydrogen) atoms. The minimum Gasteiger partial charge on any atom is -0.471 e. The Morgan fingerprint density at radius 1 is 0.953 bits per heavy atom. The molecule has 7 heteroatoms. The number of nitrogens with two attached hydrogens (primary N) is 1. The zero-order valence-electron chi connectivity index (χ0n) is 38.8. The van der Waals surface area contributed by atoms with Crippen molar-refractivity contribution in [3.63, 3.8) is 0 Å². The largest absolute Gasteiger partial charge is 0.471 e. The molecule has 5 saturated carbocycles. The lowest BCUT2D eigenvalue weighted by Gasteiger charge is -2.58. The van der Waals surface area contributed by atoms with Crippen molar-refractivity contribution < 1.29 is 19.4 Å². The quantitative estimate of drug-likeness (QED) is 0.107. The number of aliphatic hydroxyl groups is 2. The van der Waals surface area contributed by atoms with Crippen LogP contribution in [0.25, 0.3) is 10.8 Å². The number of guanidine groups is 1. The molecular formula is C57H75N3O4. The predicted molar refractivity (Wildman–Crippen MR) is 255 cm³/mol. The van der Waals surface area contributed by atoms with Gasteiger partial charge in [-0.15, -0.1) is 5.92 Å². The number of benzene rings is 2. The van der Waals surface area contributed by atoms with Crippen molar-refractivity contribution in [1.82, 2.24) is 5.32 Å². The van der Waals surface area contributed by atoms with Crippen LogP contribution in [0.1, 0.15) is 158 Å². The Balaban J connectivity index is 0.795. The van der Waals surface area contributed by atoms with Gasteiger partial charge in [0.15, 0.2) is 5.96 Å². The minimum atomic E-state index is -0.688. The molecule has 7 nitrogen and oxygen atoms in total. The Labute approximate surface area is 382 Å². The van der Waals surface area contributed by atoms with Crippen LogP contribution in [-0.4, -0.2) is 51.7 Å². The van der Waals surface area contributed by atoms with E-state index in [2.05, 4.69) is 73.5 Å². The van der Waals surface area contributed by atoms with Crippen molar-refractivity contribution in [3.05, 3.63) is 83.8 Å². The standard InChI is InChI=1S/C57H75N3O4/c1-36-30-56(26-21-38(31-56)22-27-57(62)24-9-14-44(61)32-57)52-55(3,64-52)25-23-47-45(36)33-54(47,2)43-20-19-40(29-43)48-15-8-13-41(28-37-10-5-4-6-11-37)51-49(60-53(58)59-48)16-7-12-39-17-18-42-34-63-35-46(42)50(39)51/h4-6,10-11,17-18,34-35,38,40-41,43-45,47-49,51-52,61-62H,1,7,9,12,14-16,19-33H2,2-3H3,(H3,58,59,60). The van der Waals surface area contributed by atoms with Crippen LogP contribution in [0.4, 0.5) is 0 Å². The zero-order chi connectivity index (χ0) is 43.8. The smallest absolute Gasteiger partial charge is 0.189 e. The molecule has 2 aromatic carbocycles. The van der Waals surface area contributed by atoms with Gasteiger partial charge in [0.05, 0.1) is 42.0 Å². The molecule has 6 fully saturated rings. The van der Waals surface area contributed by atoms with Gasteiger partial charge < -0.3 is 30.4 Å². The lowest BCUT2D eigenvalue weighted by atomic mass is 9.46. The normalized spacial score (nSPS) is 43.0. The van der Waals surface area contributed by atoms with E-state index in [1.165, 1.54) is 79.0 Å². The molecule has 5 N–H and O–H groups in total. The lowest BCUT2D eigenvalue weighted by molar-refractivity contribution is -0.0696. The monoisotopic (exact) mass is 866 g/mol. The summed E-state index contributed by atoms with van der Waals surface area (Å²) in [4.78, 5) is 5.38. The van der Waals surface area contributed by atoms with Crippen molar-refractivity contribution >= 4 is 16.7 Å². The number of aryl methyl sites for hydroxylation is 1. The average molecular weight is 866 g/mol. The first-order chi connectivity index (χ1) is 30.9. The second-order valence-electron chi connectivity index (χ2n) is 23.4. The van der Waals surface area contributed by atoms with E-state index < -0.39 is 5.60 Å². The van der Waals surface area contributed by atoms with Gasteiger partial charge in [0.2, 0.25) is 0 Å². The summed E-state index contributed by atoms with van der Waals surface area (Å²) in [6, 6.07) is 15.7. The first-order valence-corrected chi connectivity index (χ1v) is 25.8. The number of hydrogen-bond donors (Lipinski definition) is 4. The number of aliphatic hydroxyl groups excluding tert-OH is 1. The molecule has 3 heterocycles. The summed E-state index contributed by atoms with van der Waals surface area (Å²) >= 11 is 0. The Morgan fingerprint density at radius 3 is 2.69 bits per heavy atom. The van der Waals surface area contributed by atoms with Crippen molar-refractivity contribution in [2.75, 3.05) is 0 Å². The van der Waals surface area contributed by atoms with Crippen molar-refractivity contribution in [3.8, 4) is 11.8 Å². The molecule has 1 aromatic heterocycles. The number of nitrogens with one attached hydrogen (secondary N) is 1. The average Bonchev–Trinajstić information content (AvgIpc) is 3.66. The fourth-order valence-corrected chi connectivity index (χ4v) is 16.1. The molecule has 3 aromatic rings. The van der Waals surface area contributed by atoms with Crippen LogP contribution < -0.4 is 11.1 Å². The Kier molecular flexibility index (Phi) is 11.2. The molecule has 2 aliphatic heterocycles. The Morgan fingerprint density at radius 2 is 1.83 bits per heavy atom. The van der Waals surface area contributed by atoms with Crippen molar-refractivity contribution in [1.29, 1.82) is 0 Å². The van der Waals surface area contributed by atoms with Crippen molar-refractivity contribution in [2.45, 2.75) is 190 Å². The van der Waals surface area contributed by atoms with Gasteiger partial charge in [0.1, 0.15) is 0 Å². The molecule has 342 valence electrons. The SMILES string of the molecule is C=C1CC2(CCC(CCC3(O)CCCC(O)C3)C2)C2OC2(C)CCC2C1CC2(C)C1CCC(C2CC#CC(Cc3ccccc3)C3c4c(ccc5cocc45)CCCC3NC(N)=N2)C1. The fraction of sp³-hybridized carbons (Fsp3) is 0.667. The predicted octanol–water partition coefficient (Wildman–Crippen LogP) is 10.9. The molecule has 0 radical (unpaired) electrons. The highest BCUT2D eigenvalue weighted by Crippen LogP contribution is 2.69. The van der Waals surface area contributed by atoms with E-state index in [0.29, 0.717) is 53.5 Å². The molecular weight excluding hydrogens is 791 g/mol. The van der Waals surface area contributed by atoms with Gasteiger partial charge in [0.25, 0.3) is 0 Å². The molecule has 1 saturated heterocycles. The minimum absolute atomic E-state index is 0.0280. The molecule has 0 bridgehead atoms. The summed E-state index contributed by atoms with van der Waals surface area (Å²) in [5.41, 5.74) is 12.4. The van der Waals surface area contributed by atoms with Gasteiger partial charge >= 0.3 is 0 Å². The molecule has 8 aliphatic rings. The first-order valence-electron chi connectivity index (χ1n) is 25.8. The van der Waals surface area contributed by atoms with Crippen molar-refractivity contribution in [2.24, 2.45) is 57.1 Å². The number of epoxide rings is 1. The number of rotatable bonds is 7. The lowest BCUT2D eigenvalue weighted by Crippen LogP contribution is -2.51. The highest BCUT2D eigenvalue weighted by Gasteiger charge is 2.67. The van der Waals surface area contributed by atoms with E-state index in [1.54, 1.807) is 0 Å². The van der Waals surface area contributed by atoms with Crippen LogP contribution >= 0.6 is 0 Å². The number of nitrogens with zero attached hydrogens (tertiary/aromatic N) is 1. The van der Waals surface area contributed by atoms with Gasteiger partial charge in [0, 0.05) is 46.9 Å². The molecule has 1 spiro atoms. The molecule has 6 aliphatic carbocycles. The Hall–Kier alpha value is -3.57. The maximum atomic E-state index is 11.4. The molecule has 11 rings (SSSR count).